The Hall–Kier alpha value is -2.61. The van der Waals surface area contributed by atoms with Crippen molar-refractivity contribution in [2.75, 3.05) is 26.2 Å². The number of nitrogens with two attached hydrogens (primary N) is 1. The summed E-state index contributed by atoms with van der Waals surface area (Å²) in [6, 6.07) is 14.5. The van der Waals surface area contributed by atoms with Crippen LogP contribution in [0.25, 0.3) is 0 Å². The van der Waals surface area contributed by atoms with Crippen molar-refractivity contribution in [3.05, 3.63) is 70.2 Å². The predicted octanol–water partition coefficient (Wildman–Crippen LogP) is 3.51. The Morgan fingerprint density at radius 2 is 1.81 bits per heavy atom. The van der Waals surface area contributed by atoms with E-state index in [0.717, 1.165) is 30.4 Å². The lowest BCUT2D eigenvalue weighted by Crippen LogP contribution is -2.42. The van der Waals surface area contributed by atoms with Crippen LogP contribution >= 0.6 is 11.6 Å². The normalized spacial score (nSPS) is 10.5. The van der Waals surface area contributed by atoms with Crippen LogP contribution < -0.4 is 16.5 Å². The minimum atomic E-state index is -0.319. The van der Waals surface area contributed by atoms with Gasteiger partial charge in [0.25, 0.3) is 5.91 Å². The van der Waals surface area contributed by atoms with E-state index in [2.05, 4.69) is 17.7 Å². The summed E-state index contributed by atoms with van der Waals surface area (Å²) in [7, 11) is 0. The molecule has 168 valence electrons. The molecule has 3 amide bonds. The summed E-state index contributed by atoms with van der Waals surface area (Å²) < 4.78 is 0. The molecule has 8 heteroatoms. The second-order valence-electron chi connectivity index (χ2n) is 7.06. The summed E-state index contributed by atoms with van der Waals surface area (Å²) in [4.78, 5) is 31.8. The number of urea groups is 1. The molecule has 0 atom stereocenters. The number of carbonyl (C=O) groups is 2. The average Bonchev–Trinajstić information content (AvgIpc) is 2.79. The first-order valence-electron chi connectivity index (χ1n) is 10.5. The lowest BCUT2D eigenvalue weighted by Gasteiger charge is -2.23. The minimum Gasteiger partial charge on any atom is -0.334 e. The summed E-state index contributed by atoms with van der Waals surface area (Å²) in [5.74, 6) is -0.319. The molecule has 0 radical (unpaired) electrons. The molecule has 0 aliphatic carbocycles. The second-order valence-corrected chi connectivity index (χ2v) is 7.47. The Bertz CT molecular complexity index is 830. The smallest absolute Gasteiger partial charge is 0.317 e. The maximum Gasteiger partial charge on any atom is 0.317 e. The standard InChI is InChI=1S/C23H31ClN4O3/c1-2-18-9-11-19(12-10-18)22(29)27-31-16-15-28(14-6-5-13-25)23(30)26-17-20-7-3-4-8-21(20)24/h3-4,7-12H,2,5-6,13-17,25H2,1H3,(H,26,30)(H,27,29). The molecule has 0 saturated heterocycles. The Kier molecular flexibility index (Phi) is 10.9. The highest BCUT2D eigenvalue weighted by molar-refractivity contribution is 6.31. The van der Waals surface area contributed by atoms with E-state index < -0.39 is 0 Å². The van der Waals surface area contributed by atoms with Crippen molar-refractivity contribution in [3.8, 4) is 0 Å². The first-order chi connectivity index (χ1) is 15.0. The van der Waals surface area contributed by atoms with Crippen LogP contribution in [0.4, 0.5) is 4.79 Å². The summed E-state index contributed by atoms with van der Waals surface area (Å²) in [5, 5.41) is 3.49. The Labute approximate surface area is 188 Å². The van der Waals surface area contributed by atoms with E-state index in [-0.39, 0.29) is 18.5 Å². The molecule has 4 N–H and O–H groups in total. The van der Waals surface area contributed by atoms with E-state index in [9.17, 15) is 9.59 Å². The van der Waals surface area contributed by atoms with Crippen LogP contribution in [0.1, 0.15) is 41.3 Å². The number of hydrogen-bond acceptors (Lipinski definition) is 4. The molecule has 2 rings (SSSR count). The number of hydrogen-bond donors (Lipinski definition) is 3. The fraction of sp³-hybridized carbons (Fsp3) is 0.391. The van der Waals surface area contributed by atoms with Crippen molar-refractivity contribution in [2.45, 2.75) is 32.7 Å². The highest BCUT2D eigenvalue weighted by atomic mass is 35.5. The zero-order valence-electron chi connectivity index (χ0n) is 17.9. The quantitative estimate of drug-likeness (QED) is 0.343. The number of hydroxylamine groups is 1. The third kappa shape index (κ3) is 8.57. The molecule has 0 fully saturated rings. The van der Waals surface area contributed by atoms with Crippen molar-refractivity contribution < 1.29 is 14.4 Å². The molecule has 31 heavy (non-hydrogen) atoms. The van der Waals surface area contributed by atoms with Gasteiger partial charge in [-0.25, -0.2) is 10.3 Å². The number of unbranched alkanes of at least 4 members (excludes halogenated alkanes) is 1. The summed E-state index contributed by atoms with van der Waals surface area (Å²) in [6.45, 7) is 3.99. The molecule has 0 saturated carbocycles. The lowest BCUT2D eigenvalue weighted by atomic mass is 10.1. The molecule has 2 aromatic rings. The third-order valence-corrected chi connectivity index (χ3v) is 5.18. The molecule has 0 aliphatic heterocycles. The van der Waals surface area contributed by atoms with Crippen LogP contribution in [0.5, 0.6) is 0 Å². The number of aryl methyl sites for hydroxylation is 1. The number of amides is 3. The van der Waals surface area contributed by atoms with Crippen molar-refractivity contribution >= 4 is 23.5 Å². The van der Waals surface area contributed by atoms with E-state index in [1.54, 1.807) is 23.1 Å². The molecule has 0 unspecified atom stereocenters. The van der Waals surface area contributed by atoms with Gasteiger partial charge in [0.15, 0.2) is 0 Å². The van der Waals surface area contributed by atoms with E-state index >= 15 is 0 Å². The van der Waals surface area contributed by atoms with Gasteiger partial charge in [0.2, 0.25) is 0 Å². The van der Waals surface area contributed by atoms with Crippen LogP contribution in [0.3, 0.4) is 0 Å². The third-order valence-electron chi connectivity index (χ3n) is 4.81. The first-order valence-corrected chi connectivity index (χ1v) is 10.9. The predicted molar refractivity (Wildman–Crippen MR) is 123 cm³/mol. The van der Waals surface area contributed by atoms with Crippen molar-refractivity contribution in [2.24, 2.45) is 5.73 Å². The zero-order valence-corrected chi connectivity index (χ0v) is 18.7. The fourth-order valence-electron chi connectivity index (χ4n) is 2.91. The van der Waals surface area contributed by atoms with Crippen molar-refractivity contribution in [1.29, 1.82) is 0 Å². The highest BCUT2D eigenvalue weighted by Gasteiger charge is 2.14. The summed E-state index contributed by atoms with van der Waals surface area (Å²) in [6.07, 6.45) is 2.52. The van der Waals surface area contributed by atoms with E-state index in [1.165, 1.54) is 0 Å². The van der Waals surface area contributed by atoms with Gasteiger partial charge >= 0.3 is 6.03 Å². The number of nitrogens with zero attached hydrogens (tertiary/aromatic N) is 1. The van der Waals surface area contributed by atoms with Gasteiger partial charge in [0.05, 0.1) is 6.61 Å². The lowest BCUT2D eigenvalue weighted by molar-refractivity contribution is 0.0254. The number of nitrogens with one attached hydrogen (secondary N) is 2. The van der Waals surface area contributed by atoms with Gasteiger partial charge in [0, 0.05) is 30.2 Å². The van der Waals surface area contributed by atoms with Crippen LogP contribution in [-0.4, -0.2) is 43.1 Å². The van der Waals surface area contributed by atoms with Gasteiger partial charge < -0.3 is 16.0 Å². The molecule has 0 aromatic heterocycles. The topological polar surface area (TPSA) is 96.7 Å². The number of rotatable bonds is 12. The van der Waals surface area contributed by atoms with Gasteiger partial charge in [-0.15, -0.1) is 0 Å². The highest BCUT2D eigenvalue weighted by Crippen LogP contribution is 2.14. The van der Waals surface area contributed by atoms with Crippen LogP contribution in [0.15, 0.2) is 48.5 Å². The molecule has 0 spiro atoms. The maximum absolute atomic E-state index is 12.6. The monoisotopic (exact) mass is 446 g/mol. The van der Waals surface area contributed by atoms with Gasteiger partial charge in [-0.05, 0) is 55.1 Å². The molecular formula is C23H31ClN4O3. The van der Waals surface area contributed by atoms with Crippen LogP contribution in [0, 0.1) is 0 Å². The molecule has 2 aromatic carbocycles. The van der Waals surface area contributed by atoms with Crippen LogP contribution in [-0.2, 0) is 17.8 Å². The van der Waals surface area contributed by atoms with Crippen LogP contribution in [0.2, 0.25) is 5.02 Å². The molecular weight excluding hydrogens is 416 g/mol. The second kappa shape index (κ2) is 13.6. The first kappa shape index (κ1) is 24.7. The zero-order chi connectivity index (χ0) is 22.5. The maximum atomic E-state index is 12.6. The van der Waals surface area contributed by atoms with Gasteiger partial charge in [-0.2, -0.15) is 0 Å². The van der Waals surface area contributed by atoms with E-state index in [4.69, 9.17) is 22.2 Å². The van der Waals surface area contributed by atoms with Gasteiger partial charge in [0.1, 0.15) is 0 Å². The van der Waals surface area contributed by atoms with Gasteiger partial charge in [-0.1, -0.05) is 48.9 Å². The van der Waals surface area contributed by atoms with E-state index in [0.29, 0.717) is 36.8 Å². The molecule has 7 nitrogen and oxygen atoms in total. The van der Waals surface area contributed by atoms with Crippen molar-refractivity contribution in [1.82, 2.24) is 15.7 Å². The number of carbonyl (C=O) groups excluding carboxylic acids is 2. The molecule has 0 bridgehead atoms. The van der Waals surface area contributed by atoms with Crippen molar-refractivity contribution in [3.63, 3.8) is 0 Å². The van der Waals surface area contributed by atoms with E-state index in [1.807, 2.05) is 30.3 Å². The fourth-order valence-corrected chi connectivity index (χ4v) is 3.11. The number of halogens is 1. The Morgan fingerprint density at radius 1 is 1.06 bits per heavy atom. The molecule has 0 aliphatic rings. The minimum absolute atomic E-state index is 0.168. The molecule has 0 heterocycles. The largest absolute Gasteiger partial charge is 0.334 e. The SMILES string of the molecule is CCc1ccc(C(=O)NOCCN(CCCCN)C(=O)NCc2ccccc2Cl)cc1. The Balaban J connectivity index is 1.81. The average molecular weight is 447 g/mol. The number of benzene rings is 2. The summed E-state index contributed by atoms with van der Waals surface area (Å²) >= 11 is 6.15. The summed E-state index contributed by atoms with van der Waals surface area (Å²) in [5.41, 5.74) is 10.5. The Morgan fingerprint density at radius 3 is 2.48 bits per heavy atom. The van der Waals surface area contributed by atoms with Gasteiger partial charge in [-0.3, -0.25) is 9.63 Å².